The number of H-pyrrole nitrogens is 1. The molecular weight excluding hydrogens is 266 g/mol. The van der Waals surface area contributed by atoms with E-state index >= 15 is 0 Å². The lowest BCUT2D eigenvalue weighted by Gasteiger charge is -2.25. The minimum absolute atomic E-state index is 0.190. The molecule has 1 heterocycles. The van der Waals surface area contributed by atoms with E-state index in [1.54, 1.807) is 0 Å². The van der Waals surface area contributed by atoms with Crippen molar-refractivity contribution in [3.05, 3.63) is 30.5 Å². The van der Waals surface area contributed by atoms with Crippen molar-refractivity contribution >= 4 is 22.6 Å². The number of anilines is 1. The number of aromatic nitrogens is 1. The topological polar surface area (TPSA) is 77.2 Å². The van der Waals surface area contributed by atoms with Crippen molar-refractivity contribution in [2.75, 3.05) is 11.9 Å². The Hall–Kier alpha value is -2.01. The molecule has 5 heteroatoms. The molecule has 0 aliphatic heterocycles. The number of aliphatic hydroxyl groups is 1. The Balaban J connectivity index is 1.51. The van der Waals surface area contributed by atoms with Gasteiger partial charge in [0.15, 0.2) is 0 Å². The number of fused-ring (bicyclic) bond motifs is 1. The van der Waals surface area contributed by atoms with Crippen molar-refractivity contribution in [1.82, 2.24) is 10.3 Å². The Labute approximate surface area is 123 Å². The van der Waals surface area contributed by atoms with Gasteiger partial charge >= 0.3 is 6.03 Å². The fourth-order valence-corrected chi connectivity index (χ4v) is 2.99. The quantitative estimate of drug-likeness (QED) is 0.700. The lowest BCUT2D eigenvalue weighted by Crippen LogP contribution is -2.35. The number of aliphatic hydroxyl groups excluding tert-OH is 1. The van der Waals surface area contributed by atoms with Gasteiger partial charge in [0.1, 0.15) is 0 Å². The molecule has 21 heavy (non-hydrogen) atoms. The molecule has 3 rings (SSSR count). The van der Waals surface area contributed by atoms with Gasteiger partial charge in [0.25, 0.3) is 0 Å². The van der Waals surface area contributed by atoms with Crippen LogP contribution in [0, 0.1) is 5.92 Å². The van der Waals surface area contributed by atoms with Gasteiger partial charge in [-0.1, -0.05) is 6.42 Å². The standard InChI is InChI=1S/C16H21N3O2/c20-14-3-1-2-11(8-14)10-18-16(21)19-13-4-5-15-12(9-13)6-7-17-15/h4-7,9,11,14,17,20H,1-3,8,10H2,(H2,18,19,21). The average molecular weight is 287 g/mol. The number of urea groups is 1. The highest BCUT2D eigenvalue weighted by molar-refractivity contribution is 5.92. The van der Waals surface area contributed by atoms with Crippen LogP contribution in [0.3, 0.4) is 0 Å². The number of hydrogen-bond acceptors (Lipinski definition) is 2. The lowest BCUT2D eigenvalue weighted by atomic mass is 9.87. The summed E-state index contributed by atoms with van der Waals surface area (Å²) >= 11 is 0. The number of benzene rings is 1. The largest absolute Gasteiger partial charge is 0.393 e. The minimum Gasteiger partial charge on any atom is -0.393 e. The number of carbonyl (C=O) groups is 1. The predicted octanol–water partition coefficient (Wildman–Crippen LogP) is 2.84. The van der Waals surface area contributed by atoms with E-state index in [1.165, 1.54) is 0 Å². The Morgan fingerprint density at radius 3 is 3.10 bits per heavy atom. The highest BCUT2D eigenvalue weighted by Crippen LogP contribution is 2.23. The third-order valence-electron chi connectivity index (χ3n) is 4.12. The summed E-state index contributed by atoms with van der Waals surface area (Å²) in [5.41, 5.74) is 1.83. The number of rotatable bonds is 3. The minimum atomic E-state index is -0.204. The van der Waals surface area contributed by atoms with E-state index in [2.05, 4.69) is 15.6 Å². The Bertz CT molecular complexity index is 623. The molecule has 2 aromatic rings. The molecule has 2 amide bonds. The van der Waals surface area contributed by atoms with Crippen molar-refractivity contribution in [2.45, 2.75) is 31.8 Å². The van der Waals surface area contributed by atoms with Crippen LogP contribution in [0.4, 0.5) is 10.5 Å². The second-order valence-electron chi connectivity index (χ2n) is 5.80. The molecular formula is C16H21N3O2. The highest BCUT2D eigenvalue weighted by atomic mass is 16.3. The molecule has 1 aliphatic carbocycles. The van der Waals surface area contributed by atoms with Crippen LogP contribution >= 0.6 is 0 Å². The normalized spacial score (nSPS) is 22.1. The van der Waals surface area contributed by atoms with Gasteiger partial charge in [0.05, 0.1) is 6.10 Å². The average Bonchev–Trinajstić information content (AvgIpc) is 2.93. The molecule has 1 aliphatic rings. The first-order chi connectivity index (χ1) is 10.2. The zero-order valence-corrected chi connectivity index (χ0v) is 11.9. The van der Waals surface area contributed by atoms with Crippen molar-refractivity contribution in [1.29, 1.82) is 0 Å². The van der Waals surface area contributed by atoms with E-state index in [9.17, 15) is 9.90 Å². The van der Waals surface area contributed by atoms with E-state index in [0.29, 0.717) is 12.5 Å². The molecule has 4 N–H and O–H groups in total. The molecule has 112 valence electrons. The van der Waals surface area contributed by atoms with Crippen LogP contribution in [0.2, 0.25) is 0 Å². The number of amides is 2. The number of hydrogen-bond donors (Lipinski definition) is 4. The van der Waals surface area contributed by atoms with E-state index in [-0.39, 0.29) is 12.1 Å². The molecule has 0 bridgehead atoms. The summed E-state index contributed by atoms with van der Waals surface area (Å²) in [4.78, 5) is 15.0. The van der Waals surface area contributed by atoms with Crippen LogP contribution in [0.15, 0.2) is 30.5 Å². The predicted molar refractivity (Wildman–Crippen MR) is 83.3 cm³/mol. The molecule has 5 nitrogen and oxygen atoms in total. The van der Waals surface area contributed by atoms with Crippen LogP contribution in [-0.4, -0.2) is 28.8 Å². The maximum atomic E-state index is 11.9. The first-order valence-electron chi connectivity index (χ1n) is 7.51. The number of aromatic amines is 1. The molecule has 0 spiro atoms. The van der Waals surface area contributed by atoms with Crippen molar-refractivity contribution in [2.24, 2.45) is 5.92 Å². The van der Waals surface area contributed by atoms with Crippen molar-refractivity contribution in [3.8, 4) is 0 Å². The van der Waals surface area contributed by atoms with E-state index in [1.807, 2.05) is 30.5 Å². The lowest BCUT2D eigenvalue weighted by molar-refractivity contribution is 0.101. The first-order valence-corrected chi connectivity index (χ1v) is 7.51. The SMILES string of the molecule is O=C(NCC1CCCC(O)C1)Nc1ccc2[nH]ccc2c1. The summed E-state index contributed by atoms with van der Waals surface area (Å²) in [5.74, 6) is 0.381. The second-order valence-corrected chi connectivity index (χ2v) is 5.80. The van der Waals surface area contributed by atoms with Gasteiger partial charge < -0.3 is 20.7 Å². The molecule has 2 atom stereocenters. The molecule has 1 aromatic heterocycles. The van der Waals surface area contributed by atoms with Gasteiger partial charge in [0.2, 0.25) is 0 Å². The Morgan fingerprint density at radius 1 is 1.33 bits per heavy atom. The molecule has 2 unspecified atom stereocenters. The van der Waals surface area contributed by atoms with E-state index in [0.717, 1.165) is 42.3 Å². The smallest absolute Gasteiger partial charge is 0.319 e. The molecule has 0 radical (unpaired) electrons. The van der Waals surface area contributed by atoms with E-state index in [4.69, 9.17) is 0 Å². The number of carbonyl (C=O) groups excluding carboxylic acids is 1. The van der Waals surface area contributed by atoms with Gasteiger partial charge in [-0.05, 0) is 49.4 Å². The molecule has 1 saturated carbocycles. The van der Waals surface area contributed by atoms with Crippen LogP contribution in [-0.2, 0) is 0 Å². The van der Waals surface area contributed by atoms with E-state index < -0.39 is 0 Å². The Morgan fingerprint density at radius 2 is 2.24 bits per heavy atom. The van der Waals surface area contributed by atoms with Crippen molar-refractivity contribution in [3.63, 3.8) is 0 Å². The van der Waals surface area contributed by atoms with Gasteiger partial charge in [-0.15, -0.1) is 0 Å². The maximum absolute atomic E-state index is 11.9. The zero-order valence-electron chi connectivity index (χ0n) is 11.9. The summed E-state index contributed by atoms with van der Waals surface area (Å²) in [6.45, 7) is 0.620. The van der Waals surface area contributed by atoms with Crippen LogP contribution in [0.5, 0.6) is 0 Å². The molecule has 0 saturated heterocycles. The maximum Gasteiger partial charge on any atom is 0.319 e. The van der Waals surface area contributed by atoms with Crippen molar-refractivity contribution < 1.29 is 9.90 Å². The summed E-state index contributed by atoms with van der Waals surface area (Å²) in [6, 6.07) is 7.55. The molecule has 1 aromatic carbocycles. The zero-order chi connectivity index (χ0) is 14.7. The van der Waals surface area contributed by atoms with Crippen LogP contribution < -0.4 is 10.6 Å². The second kappa shape index (κ2) is 6.18. The van der Waals surface area contributed by atoms with Crippen LogP contribution in [0.1, 0.15) is 25.7 Å². The third kappa shape index (κ3) is 3.55. The van der Waals surface area contributed by atoms with Gasteiger partial charge in [0, 0.05) is 29.3 Å². The molecule has 1 fully saturated rings. The third-order valence-corrected chi connectivity index (χ3v) is 4.12. The van der Waals surface area contributed by atoms with Gasteiger partial charge in [-0.3, -0.25) is 0 Å². The Kier molecular flexibility index (Phi) is 4.10. The van der Waals surface area contributed by atoms with Gasteiger partial charge in [-0.2, -0.15) is 0 Å². The summed E-state index contributed by atoms with van der Waals surface area (Å²) < 4.78 is 0. The summed E-state index contributed by atoms with van der Waals surface area (Å²) in [6.07, 6.45) is 5.47. The fourth-order valence-electron chi connectivity index (χ4n) is 2.99. The fraction of sp³-hybridized carbons (Fsp3) is 0.438. The first kappa shape index (κ1) is 13.9. The monoisotopic (exact) mass is 287 g/mol. The van der Waals surface area contributed by atoms with Gasteiger partial charge in [-0.25, -0.2) is 4.79 Å². The summed E-state index contributed by atoms with van der Waals surface area (Å²) in [5, 5.41) is 16.4. The highest BCUT2D eigenvalue weighted by Gasteiger charge is 2.20. The summed E-state index contributed by atoms with van der Waals surface area (Å²) in [7, 11) is 0. The number of nitrogens with one attached hydrogen (secondary N) is 3. The van der Waals surface area contributed by atoms with Crippen LogP contribution in [0.25, 0.3) is 10.9 Å².